The Labute approximate surface area is 197 Å². The lowest BCUT2D eigenvalue weighted by molar-refractivity contribution is -0.115. The minimum Gasteiger partial charge on any atom is -0.497 e. The van der Waals surface area contributed by atoms with Gasteiger partial charge in [-0.2, -0.15) is 4.98 Å². The molecule has 3 aromatic rings. The summed E-state index contributed by atoms with van der Waals surface area (Å²) in [4.78, 5) is 17.2. The number of hydrogen-bond donors (Lipinski definition) is 2. The van der Waals surface area contributed by atoms with E-state index in [-0.39, 0.29) is 0 Å². The fourth-order valence-corrected chi connectivity index (χ4v) is 3.97. The number of nitrogens with zero attached hydrogens (tertiary/aromatic N) is 3. The third-order valence-corrected chi connectivity index (χ3v) is 5.53. The number of ether oxygens (including phenoxy) is 4. The van der Waals surface area contributed by atoms with E-state index in [1.807, 2.05) is 31.2 Å². The molecule has 0 radical (unpaired) electrons. The van der Waals surface area contributed by atoms with Gasteiger partial charge in [-0.05, 0) is 43.7 Å². The van der Waals surface area contributed by atoms with Crippen LogP contribution in [0.15, 0.2) is 47.7 Å². The Balaban J connectivity index is 1.87. The van der Waals surface area contributed by atoms with E-state index in [2.05, 4.69) is 10.3 Å². The molecule has 10 heteroatoms. The summed E-state index contributed by atoms with van der Waals surface area (Å²) in [5.41, 5.74) is 8.21. The number of rotatable bonds is 8. The van der Waals surface area contributed by atoms with Crippen molar-refractivity contribution in [1.29, 1.82) is 0 Å². The Hall–Kier alpha value is -4.21. The predicted octanol–water partition coefficient (Wildman–Crippen LogP) is 3.14. The summed E-state index contributed by atoms with van der Waals surface area (Å²) in [6, 6.07) is 10.3. The van der Waals surface area contributed by atoms with Crippen LogP contribution in [0.4, 0.5) is 5.95 Å². The van der Waals surface area contributed by atoms with Crippen LogP contribution in [0.3, 0.4) is 0 Å². The number of hydrogen-bond acceptors (Lipinski definition) is 8. The zero-order valence-corrected chi connectivity index (χ0v) is 19.7. The Kier molecular flexibility index (Phi) is 6.31. The Morgan fingerprint density at radius 1 is 1.06 bits per heavy atom. The molecule has 0 saturated heterocycles. The van der Waals surface area contributed by atoms with Crippen molar-refractivity contribution in [3.63, 3.8) is 0 Å². The molecule has 1 amide bonds. The van der Waals surface area contributed by atoms with Crippen LogP contribution in [0.5, 0.6) is 23.0 Å². The Morgan fingerprint density at radius 3 is 2.35 bits per heavy atom. The third kappa shape index (κ3) is 4.09. The fourth-order valence-electron chi connectivity index (χ4n) is 3.97. The molecule has 0 fully saturated rings. The van der Waals surface area contributed by atoms with Crippen LogP contribution in [0.2, 0.25) is 0 Å². The average Bonchev–Trinajstić information content (AvgIpc) is 3.26. The molecule has 2 aromatic carbocycles. The Bertz CT molecular complexity index is 1240. The second-order valence-corrected chi connectivity index (χ2v) is 7.58. The van der Waals surface area contributed by atoms with E-state index >= 15 is 0 Å². The molecule has 1 aromatic heterocycles. The van der Waals surface area contributed by atoms with Gasteiger partial charge in [0.25, 0.3) is 0 Å². The normalized spacial score (nSPS) is 14.8. The van der Waals surface area contributed by atoms with Gasteiger partial charge in [0, 0.05) is 17.3 Å². The van der Waals surface area contributed by atoms with Gasteiger partial charge in [0.15, 0.2) is 17.3 Å². The first-order valence-corrected chi connectivity index (χ1v) is 10.7. The molecule has 3 N–H and O–H groups in total. The molecule has 0 aliphatic carbocycles. The molecule has 10 nitrogen and oxygen atoms in total. The van der Waals surface area contributed by atoms with Crippen LogP contribution in [-0.2, 0) is 4.79 Å². The van der Waals surface area contributed by atoms with Crippen LogP contribution < -0.4 is 30.0 Å². The van der Waals surface area contributed by atoms with Crippen molar-refractivity contribution in [1.82, 2.24) is 14.8 Å². The van der Waals surface area contributed by atoms with Gasteiger partial charge < -0.3 is 30.0 Å². The molecule has 4 rings (SSSR count). The highest BCUT2D eigenvalue weighted by atomic mass is 16.5. The van der Waals surface area contributed by atoms with Crippen molar-refractivity contribution in [3.05, 3.63) is 53.2 Å². The summed E-state index contributed by atoms with van der Waals surface area (Å²) >= 11 is 0. The highest BCUT2D eigenvalue weighted by molar-refractivity contribution is 5.95. The van der Waals surface area contributed by atoms with Crippen molar-refractivity contribution in [3.8, 4) is 34.4 Å². The monoisotopic (exact) mass is 465 g/mol. The summed E-state index contributed by atoms with van der Waals surface area (Å²) in [5.74, 6) is 2.70. The van der Waals surface area contributed by atoms with Crippen molar-refractivity contribution >= 4 is 11.9 Å². The van der Waals surface area contributed by atoms with Gasteiger partial charge in [-0.1, -0.05) is 6.07 Å². The molecule has 1 atom stereocenters. The highest BCUT2D eigenvalue weighted by Crippen LogP contribution is 2.39. The SMILES string of the molecule is CCOc1ccc(C2C(C(N)=O)=C(C)Nc3nc(-c4cc(OC)cc(OC)c4)nn32)cc1OC. The number of carbonyl (C=O) groups is 1. The zero-order valence-electron chi connectivity index (χ0n) is 19.7. The van der Waals surface area contributed by atoms with E-state index in [1.165, 1.54) is 0 Å². The molecule has 0 spiro atoms. The lowest BCUT2D eigenvalue weighted by atomic mass is 9.95. The molecule has 0 saturated carbocycles. The van der Waals surface area contributed by atoms with E-state index in [0.717, 1.165) is 5.56 Å². The van der Waals surface area contributed by atoms with Gasteiger partial charge in [-0.3, -0.25) is 4.79 Å². The van der Waals surface area contributed by atoms with Crippen LogP contribution in [0.1, 0.15) is 25.5 Å². The summed E-state index contributed by atoms with van der Waals surface area (Å²) in [6.45, 7) is 4.18. The second-order valence-electron chi connectivity index (χ2n) is 7.58. The summed E-state index contributed by atoms with van der Waals surface area (Å²) in [6.07, 6.45) is 0. The number of methoxy groups -OCH3 is 3. The molecule has 2 heterocycles. The minimum absolute atomic E-state index is 0.374. The molecule has 1 aliphatic rings. The van der Waals surface area contributed by atoms with Gasteiger partial charge in [-0.15, -0.1) is 5.10 Å². The van der Waals surface area contributed by atoms with Crippen molar-refractivity contribution < 1.29 is 23.7 Å². The number of primary amides is 1. The second kappa shape index (κ2) is 9.34. The standard InChI is InChI=1S/C24H27N5O5/c1-6-34-18-8-7-14(11-19(18)33-5)21-20(22(25)30)13(2)26-24-27-23(28-29(21)24)15-9-16(31-3)12-17(10-15)32-4/h7-12,21H,6H2,1-5H3,(H2,25,30)(H,26,27,28). The predicted molar refractivity (Wildman–Crippen MR) is 126 cm³/mol. The smallest absolute Gasteiger partial charge is 0.248 e. The number of anilines is 1. The molecule has 1 aliphatic heterocycles. The first kappa shape index (κ1) is 23.0. The molecule has 178 valence electrons. The van der Waals surface area contributed by atoms with E-state index in [4.69, 9.17) is 29.8 Å². The molecule has 34 heavy (non-hydrogen) atoms. The summed E-state index contributed by atoms with van der Waals surface area (Å²) < 4.78 is 23.6. The maximum atomic E-state index is 12.5. The number of nitrogens with one attached hydrogen (secondary N) is 1. The number of nitrogens with two attached hydrogens (primary N) is 1. The topological polar surface area (TPSA) is 123 Å². The van der Waals surface area contributed by atoms with Crippen molar-refractivity contribution in [2.24, 2.45) is 5.73 Å². The number of allylic oxidation sites excluding steroid dienone is 1. The minimum atomic E-state index is -0.618. The van der Waals surface area contributed by atoms with Crippen LogP contribution in [0.25, 0.3) is 11.4 Å². The molecule has 1 unspecified atom stereocenters. The number of amides is 1. The van der Waals surface area contributed by atoms with Crippen LogP contribution >= 0.6 is 0 Å². The first-order valence-electron chi connectivity index (χ1n) is 10.7. The van der Waals surface area contributed by atoms with E-state index < -0.39 is 11.9 Å². The highest BCUT2D eigenvalue weighted by Gasteiger charge is 2.34. The van der Waals surface area contributed by atoms with Crippen LogP contribution in [-0.4, -0.2) is 48.6 Å². The number of aromatic nitrogens is 3. The lowest BCUT2D eigenvalue weighted by Crippen LogP contribution is -2.31. The van der Waals surface area contributed by atoms with Gasteiger partial charge in [0.2, 0.25) is 11.9 Å². The number of fused-ring (bicyclic) bond motifs is 1. The summed E-state index contributed by atoms with van der Waals surface area (Å²) in [7, 11) is 4.72. The maximum absolute atomic E-state index is 12.5. The molecular formula is C24H27N5O5. The third-order valence-electron chi connectivity index (χ3n) is 5.53. The lowest BCUT2D eigenvalue weighted by Gasteiger charge is -2.28. The van der Waals surface area contributed by atoms with E-state index in [9.17, 15) is 4.79 Å². The number of carbonyl (C=O) groups excluding carboxylic acids is 1. The maximum Gasteiger partial charge on any atom is 0.248 e. The van der Waals surface area contributed by atoms with E-state index in [1.54, 1.807) is 45.1 Å². The largest absolute Gasteiger partial charge is 0.497 e. The van der Waals surface area contributed by atoms with Crippen molar-refractivity contribution in [2.45, 2.75) is 19.9 Å². The van der Waals surface area contributed by atoms with Gasteiger partial charge in [-0.25, -0.2) is 4.68 Å². The van der Waals surface area contributed by atoms with Crippen LogP contribution in [0, 0.1) is 0 Å². The van der Waals surface area contributed by atoms with E-state index in [0.29, 0.717) is 58.2 Å². The van der Waals surface area contributed by atoms with Gasteiger partial charge in [0.1, 0.15) is 17.5 Å². The average molecular weight is 466 g/mol. The number of benzene rings is 2. The summed E-state index contributed by atoms with van der Waals surface area (Å²) in [5, 5.41) is 7.88. The van der Waals surface area contributed by atoms with Crippen molar-refractivity contribution in [2.75, 3.05) is 33.3 Å². The Morgan fingerprint density at radius 2 is 1.76 bits per heavy atom. The quantitative estimate of drug-likeness (QED) is 0.520. The fraction of sp³-hybridized carbons (Fsp3) is 0.292. The van der Waals surface area contributed by atoms with Gasteiger partial charge in [0.05, 0.1) is 33.5 Å². The first-order chi connectivity index (χ1) is 16.4. The molecule has 0 bridgehead atoms. The van der Waals surface area contributed by atoms with Gasteiger partial charge >= 0.3 is 0 Å². The molecular weight excluding hydrogens is 438 g/mol. The zero-order chi connectivity index (χ0) is 24.4.